The third-order valence-corrected chi connectivity index (χ3v) is 4.18. The van der Waals surface area contributed by atoms with Gasteiger partial charge in [0.05, 0.1) is 16.9 Å². The predicted molar refractivity (Wildman–Crippen MR) is 75.2 cm³/mol. The van der Waals surface area contributed by atoms with E-state index in [1.54, 1.807) is 6.07 Å². The maximum atomic E-state index is 8.97. The Labute approximate surface area is 109 Å². The molecule has 1 aromatic rings. The summed E-state index contributed by atoms with van der Waals surface area (Å²) in [6.07, 6.45) is 3.62. The average Bonchev–Trinajstić information content (AvgIpc) is 2.36. The second kappa shape index (κ2) is 5.30. The fraction of sp³-hybridized carbons (Fsp3) is 0.533. The number of anilines is 2. The maximum absolute atomic E-state index is 8.97. The van der Waals surface area contributed by atoms with Crippen molar-refractivity contribution in [3.8, 4) is 6.07 Å². The highest BCUT2D eigenvalue weighted by atomic mass is 14.9. The number of benzene rings is 1. The van der Waals surface area contributed by atoms with Crippen molar-refractivity contribution in [2.45, 2.75) is 39.2 Å². The van der Waals surface area contributed by atoms with Gasteiger partial charge in [0.25, 0.3) is 0 Å². The van der Waals surface area contributed by atoms with E-state index in [1.807, 2.05) is 12.1 Å². The van der Waals surface area contributed by atoms with Crippen LogP contribution < -0.4 is 11.1 Å². The fourth-order valence-corrected chi connectivity index (χ4v) is 2.69. The van der Waals surface area contributed by atoms with Crippen LogP contribution in [0.15, 0.2) is 18.2 Å². The lowest BCUT2D eigenvalue weighted by Gasteiger charge is -2.33. The van der Waals surface area contributed by atoms with Gasteiger partial charge in [0.15, 0.2) is 0 Å². The van der Waals surface area contributed by atoms with E-state index < -0.39 is 0 Å². The van der Waals surface area contributed by atoms with Crippen LogP contribution in [0.1, 0.15) is 38.7 Å². The molecule has 3 atom stereocenters. The molecule has 0 saturated heterocycles. The van der Waals surface area contributed by atoms with Crippen LogP contribution in [0.2, 0.25) is 0 Å². The first-order chi connectivity index (χ1) is 8.61. The molecule has 1 aromatic carbocycles. The molecule has 2 rings (SSSR count). The highest BCUT2D eigenvalue weighted by molar-refractivity contribution is 5.73. The van der Waals surface area contributed by atoms with Crippen LogP contribution in [0.4, 0.5) is 11.4 Å². The second-order valence-electron chi connectivity index (χ2n) is 5.49. The molecule has 3 unspecified atom stereocenters. The van der Waals surface area contributed by atoms with Crippen LogP contribution in [0.25, 0.3) is 0 Å². The van der Waals surface area contributed by atoms with Crippen molar-refractivity contribution in [3.05, 3.63) is 23.8 Å². The first-order valence-electron chi connectivity index (χ1n) is 6.67. The van der Waals surface area contributed by atoms with Gasteiger partial charge in [0, 0.05) is 6.04 Å². The van der Waals surface area contributed by atoms with Crippen molar-refractivity contribution in [1.29, 1.82) is 5.26 Å². The Morgan fingerprint density at radius 2 is 2.06 bits per heavy atom. The van der Waals surface area contributed by atoms with E-state index in [1.165, 1.54) is 19.3 Å². The standard InChI is InChI=1S/C15H21N3/c1-10-6-7-13(8-11(10)2)18-14-5-3-4-12(9-16)15(14)17/h3-5,10-11,13,18H,6-8,17H2,1-2H3. The number of nitrogens with two attached hydrogens (primary N) is 1. The first kappa shape index (κ1) is 12.8. The number of hydrogen-bond donors (Lipinski definition) is 2. The number of nitrogens with one attached hydrogen (secondary N) is 1. The lowest BCUT2D eigenvalue weighted by molar-refractivity contribution is 0.261. The Bertz CT molecular complexity index is 461. The zero-order valence-corrected chi connectivity index (χ0v) is 11.1. The fourth-order valence-electron chi connectivity index (χ4n) is 2.69. The molecule has 1 saturated carbocycles. The summed E-state index contributed by atoms with van der Waals surface area (Å²) in [7, 11) is 0. The van der Waals surface area contributed by atoms with Crippen molar-refractivity contribution in [2.75, 3.05) is 11.1 Å². The van der Waals surface area contributed by atoms with E-state index in [4.69, 9.17) is 11.0 Å². The Balaban J connectivity index is 2.09. The van der Waals surface area contributed by atoms with Gasteiger partial charge < -0.3 is 11.1 Å². The summed E-state index contributed by atoms with van der Waals surface area (Å²) in [5.41, 5.74) is 8.02. The van der Waals surface area contributed by atoms with Gasteiger partial charge in [-0.05, 0) is 43.2 Å². The number of rotatable bonds is 2. The zero-order chi connectivity index (χ0) is 13.1. The summed E-state index contributed by atoms with van der Waals surface area (Å²) in [5.74, 6) is 1.56. The van der Waals surface area contributed by atoms with Gasteiger partial charge in [-0.25, -0.2) is 0 Å². The van der Waals surface area contributed by atoms with Crippen LogP contribution in [-0.2, 0) is 0 Å². The normalized spacial score (nSPS) is 27.5. The maximum Gasteiger partial charge on any atom is 0.101 e. The molecule has 0 amide bonds. The third kappa shape index (κ3) is 2.59. The van der Waals surface area contributed by atoms with Gasteiger partial charge >= 0.3 is 0 Å². The predicted octanol–water partition coefficient (Wildman–Crippen LogP) is 3.38. The van der Waals surface area contributed by atoms with Gasteiger partial charge in [0.2, 0.25) is 0 Å². The highest BCUT2D eigenvalue weighted by Crippen LogP contribution is 2.32. The van der Waals surface area contributed by atoms with E-state index >= 15 is 0 Å². The Hall–Kier alpha value is -1.69. The molecule has 3 nitrogen and oxygen atoms in total. The van der Waals surface area contributed by atoms with Gasteiger partial charge in [-0.2, -0.15) is 5.26 Å². The van der Waals surface area contributed by atoms with Crippen LogP contribution in [0, 0.1) is 23.2 Å². The number of nitriles is 1. The van der Waals surface area contributed by atoms with Crippen LogP contribution in [-0.4, -0.2) is 6.04 Å². The van der Waals surface area contributed by atoms with Crippen LogP contribution in [0.5, 0.6) is 0 Å². The van der Waals surface area contributed by atoms with E-state index in [0.29, 0.717) is 17.3 Å². The summed E-state index contributed by atoms with van der Waals surface area (Å²) < 4.78 is 0. The minimum atomic E-state index is 0.479. The second-order valence-corrected chi connectivity index (χ2v) is 5.49. The van der Waals surface area contributed by atoms with E-state index in [9.17, 15) is 0 Å². The van der Waals surface area contributed by atoms with Gasteiger partial charge in [-0.1, -0.05) is 19.9 Å². The van der Waals surface area contributed by atoms with Gasteiger partial charge in [-0.3, -0.25) is 0 Å². The third-order valence-electron chi connectivity index (χ3n) is 4.18. The van der Waals surface area contributed by atoms with Crippen LogP contribution in [0.3, 0.4) is 0 Å². The molecule has 1 aliphatic rings. The van der Waals surface area contributed by atoms with E-state index in [2.05, 4.69) is 25.2 Å². The van der Waals surface area contributed by atoms with Crippen molar-refractivity contribution in [2.24, 2.45) is 11.8 Å². The van der Waals surface area contributed by atoms with E-state index in [-0.39, 0.29) is 0 Å². The van der Waals surface area contributed by atoms with Crippen LogP contribution >= 0.6 is 0 Å². The molecule has 1 aliphatic carbocycles. The average molecular weight is 243 g/mol. The number of nitrogen functional groups attached to an aromatic ring is 1. The SMILES string of the molecule is CC1CCC(Nc2cccc(C#N)c2N)CC1C. The molecule has 0 bridgehead atoms. The molecular formula is C15H21N3. The van der Waals surface area contributed by atoms with Crippen molar-refractivity contribution >= 4 is 11.4 Å². The molecule has 3 N–H and O–H groups in total. The summed E-state index contributed by atoms with van der Waals surface area (Å²) in [6.45, 7) is 4.64. The quantitative estimate of drug-likeness (QED) is 0.783. The van der Waals surface area contributed by atoms with E-state index in [0.717, 1.165) is 17.5 Å². The molecule has 0 aromatic heterocycles. The molecule has 0 heterocycles. The summed E-state index contributed by atoms with van der Waals surface area (Å²) >= 11 is 0. The Morgan fingerprint density at radius 3 is 2.72 bits per heavy atom. The summed E-state index contributed by atoms with van der Waals surface area (Å²) in [5, 5.41) is 12.5. The smallest absolute Gasteiger partial charge is 0.101 e. The zero-order valence-electron chi connectivity index (χ0n) is 11.1. The Kier molecular flexibility index (Phi) is 3.76. The Morgan fingerprint density at radius 1 is 1.28 bits per heavy atom. The molecule has 1 fully saturated rings. The van der Waals surface area contributed by atoms with Gasteiger partial charge in [-0.15, -0.1) is 0 Å². The molecule has 0 spiro atoms. The van der Waals surface area contributed by atoms with Crippen molar-refractivity contribution in [3.63, 3.8) is 0 Å². The lowest BCUT2D eigenvalue weighted by Crippen LogP contribution is -2.30. The summed E-state index contributed by atoms with van der Waals surface area (Å²) in [6, 6.07) is 8.20. The number of para-hydroxylation sites is 1. The largest absolute Gasteiger partial charge is 0.396 e. The number of nitrogens with zero attached hydrogens (tertiary/aromatic N) is 1. The molecule has 96 valence electrons. The van der Waals surface area contributed by atoms with Gasteiger partial charge in [0.1, 0.15) is 6.07 Å². The summed E-state index contributed by atoms with van der Waals surface area (Å²) in [4.78, 5) is 0. The molecule has 0 radical (unpaired) electrons. The minimum absolute atomic E-state index is 0.479. The first-order valence-corrected chi connectivity index (χ1v) is 6.67. The highest BCUT2D eigenvalue weighted by Gasteiger charge is 2.24. The van der Waals surface area contributed by atoms with Crippen molar-refractivity contribution < 1.29 is 0 Å². The number of hydrogen-bond acceptors (Lipinski definition) is 3. The monoisotopic (exact) mass is 243 g/mol. The minimum Gasteiger partial charge on any atom is -0.396 e. The molecular weight excluding hydrogens is 222 g/mol. The lowest BCUT2D eigenvalue weighted by atomic mass is 9.79. The van der Waals surface area contributed by atoms with Crippen molar-refractivity contribution in [1.82, 2.24) is 0 Å². The molecule has 0 aliphatic heterocycles. The topological polar surface area (TPSA) is 61.8 Å². The molecule has 18 heavy (non-hydrogen) atoms. The molecule has 3 heteroatoms.